The summed E-state index contributed by atoms with van der Waals surface area (Å²) in [7, 11) is 0. The molecule has 4 saturated carbocycles. The van der Waals surface area contributed by atoms with Crippen LogP contribution >= 0.6 is 0 Å². The molecule has 0 aliphatic heterocycles. The molecular weight excluding hydrogens is 432 g/mol. The zero-order valence-electron chi connectivity index (χ0n) is 23.9. The number of rotatable bonds is 2. The van der Waals surface area contributed by atoms with Gasteiger partial charge in [0.05, 0.1) is 0 Å². The summed E-state index contributed by atoms with van der Waals surface area (Å²) in [5, 5.41) is 0. The highest BCUT2D eigenvalue weighted by Gasteiger charge is 2.69. The number of hydrogen-bond acceptors (Lipinski definition) is 3. The number of fused-ring (bicyclic) bond motifs is 7. The van der Waals surface area contributed by atoms with E-state index in [4.69, 9.17) is 4.74 Å². The van der Waals surface area contributed by atoms with Gasteiger partial charge in [0.1, 0.15) is 6.10 Å². The standard InChI is InChI=1S/C32H50O3/c1-19(2)21-10-11-25-29(21,6)16-17-31(8)23-18-24(34)27-28(4,5)26(35-20(3)33)13-14-30(27,7)22(23)12-15-32(25,31)9/h18-19,21-22,25-27H,10-17H2,1-9H3. The van der Waals surface area contributed by atoms with Gasteiger partial charge < -0.3 is 4.74 Å². The van der Waals surface area contributed by atoms with E-state index in [1.807, 2.05) is 0 Å². The summed E-state index contributed by atoms with van der Waals surface area (Å²) in [4.78, 5) is 25.9. The third kappa shape index (κ3) is 3.14. The lowest BCUT2D eigenvalue weighted by Gasteiger charge is -2.68. The van der Waals surface area contributed by atoms with E-state index in [0.29, 0.717) is 17.1 Å². The van der Waals surface area contributed by atoms with Crippen molar-refractivity contribution < 1.29 is 14.3 Å². The van der Waals surface area contributed by atoms with Crippen molar-refractivity contribution in [2.24, 2.45) is 56.7 Å². The van der Waals surface area contributed by atoms with Crippen LogP contribution in [0.5, 0.6) is 0 Å². The molecular formula is C32H50O3. The van der Waals surface area contributed by atoms with Crippen LogP contribution in [0.15, 0.2) is 11.6 Å². The Labute approximate surface area is 214 Å². The summed E-state index contributed by atoms with van der Waals surface area (Å²) < 4.78 is 5.78. The average Bonchev–Trinajstić information content (AvgIpc) is 3.10. The van der Waals surface area contributed by atoms with Gasteiger partial charge in [-0.2, -0.15) is 0 Å². The van der Waals surface area contributed by atoms with Crippen molar-refractivity contribution >= 4 is 11.8 Å². The van der Waals surface area contributed by atoms with Gasteiger partial charge in [-0.1, -0.05) is 61.0 Å². The third-order valence-electron chi connectivity index (χ3n) is 13.2. The zero-order valence-corrected chi connectivity index (χ0v) is 23.9. The third-order valence-corrected chi connectivity index (χ3v) is 13.2. The maximum Gasteiger partial charge on any atom is 0.302 e. The molecule has 0 N–H and O–H groups in total. The molecule has 196 valence electrons. The molecule has 0 bridgehead atoms. The highest BCUT2D eigenvalue weighted by molar-refractivity contribution is 5.95. The fourth-order valence-electron chi connectivity index (χ4n) is 11.5. The topological polar surface area (TPSA) is 43.4 Å². The molecule has 0 radical (unpaired) electrons. The van der Waals surface area contributed by atoms with Crippen molar-refractivity contribution in [2.75, 3.05) is 0 Å². The molecule has 5 rings (SSSR count). The molecule has 35 heavy (non-hydrogen) atoms. The SMILES string of the molecule is CC(=O)OC1CCC2(C)C3CCC4(C)C5CCC(C(C)C)C5(C)CCC4(C)C3=CC(=O)C2C1(C)C. The number of hydrogen-bond donors (Lipinski definition) is 0. The molecule has 0 aromatic carbocycles. The lowest BCUT2D eigenvalue weighted by atomic mass is 9.35. The van der Waals surface area contributed by atoms with Gasteiger partial charge in [0.15, 0.2) is 5.78 Å². The first-order valence-corrected chi connectivity index (χ1v) is 14.6. The number of esters is 1. The second kappa shape index (κ2) is 7.70. The Morgan fingerprint density at radius 3 is 2.23 bits per heavy atom. The molecule has 4 fully saturated rings. The lowest BCUT2D eigenvalue weighted by Crippen LogP contribution is -2.63. The Morgan fingerprint density at radius 2 is 1.60 bits per heavy atom. The average molecular weight is 483 g/mol. The van der Waals surface area contributed by atoms with Crippen LogP contribution in [0.2, 0.25) is 0 Å². The number of allylic oxidation sites excluding steroid dienone is 2. The van der Waals surface area contributed by atoms with Crippen LogP contribution in [0.3, 0.4) is 0 Å². The Bertz CT molecular complexity index is 960. The first kappa shape index (κ1) is 25.5. The molecule has 0 heterocycles. The van der Waals surface area contributed by atoms with E-state index in [2.05, 4.69) is 61.5 Å². The van der Waals surface area contributed by atoms with Crippen molar-refractivity contribution in [3.8, 4) is 0 Å². The van der Waals surface area contributed by atoms with E-state index in [1.165, 1.54) is 51.0 Å². The van der Waals surface area contributed by atoms with Gasteiger partial charge in [0, 0.05) is 18.3 Å². The normalized spacial score (nSPS) is 50.5. The molecule has 0 aromatic rings. The van der Waals surface area contributed by atoms with Gasteiger partial charge in [-0.05, 0) is 103 Å². The number of carbonyl (C=O) groups excluding carboxylic acids is 2. The molecule has 9 unspecified atom stereocenters. The summed E-state index contributed by atoms with van der Waals surface area (Å²) in [5.74, 6) is 2.78. The number of carbonyl (C=O) groups is 2. The Morgan fingerprint density at radius 1 is 0.914 bits per heavy atom. The fraction of sp³-hybridized carbons (Fsp3) is 0.875. The predicted octanol–water partition coefficient (Wildman–Crippen LogP) is 7.77. The van der Waals surface area contributed by atoms with Crippen molar-refractivity contribution in [3.63, 3.8) is 0 Å². The van der Waals surface area contributed by atoms with Crippen LogP contribution in [-0.4, -0.2) is 17.9 Å². The van der Waals surface area contributed by atoms with Crippen LogP contribution in [-0.2, 0) is 14.3 Å². The first-order valence-electron chi connectivity index (χ1n) is 14.6. The van der Waals surface area contributed by atoms with E-state index in [-0.39, 0.29) is 39.7 Å². The Hall–Kier alpha value is -1.12. The quantitative estimate of drug-likeness (QED) is 0.377. The van der Waals surface area contributed by atoms with Crippen LogP contribution in [0.4, 0.5) is 0 Å². The van der Waals surface area contributed by atoms with Crippen molar-refractivity contribution in [1.82, 2.24) is 0 Å². The number of ether oxygens (including phenoxy) is 1. The minimum Gasteiger partial charge on any atom is -0.462 e. The summed E-state index contributed by atoms with van der Waals surface area (Å²) in [6.45, 7) is 20.9. The largest absolute Gasteiger partial charge is 0.462 e. The molecule has 9 atom stereocenters. The van der Waals surface area contributed by atoms with E-state index < -0.39 is 0 Å². The molecule has 0 amide bonds. The molecule has 5 aliphatic rings. The summed E-state index contributed by atoms with van der Waals surface area (Å²) in [5.41, 5.74) is 1.90. The van der Waals surface area contributed by atoms with Crippen LogP contribution < -0.4 is 0 Å². The molecule has 3 nitrogen and oxygen atoms in total. The van der Waals surface area contributed by atoms with Gasteiger partial charge in [0.2, 0.25) is 0 Å². The first-order chi connectivity index (χ1) is 16.1. The molecule has 0 saturated heterocycles. The summed E-state index contributed by atoms with van der Waals surface area (Å²) in [6.07, 6.45) is 11.5. The predicted molar refractivity (Wildman–Crippen MR) is 141 cm³/mol. The smallest absolute Gasteiger partial charge is 0.302 e. The molecule has 5 aliphatic carbocycles. The zero-order chi connectivity index (χ0) is 25.8. The Balaban J connectivity index is 1.55. The Kier molecular flexibility index (Phi) is 5.62. The highest BCUT2D eigenvalue weighted by atomic mass is 16.5. The van der Waals surface area contributed by atoms with E-state index in [1.54, 1.807) is 0 Å². The fourth-order valence-corrected chi connectivity index (χ4v) is 11.5. The van der Waals surface area contributed by atoms with E-state index in [9.17, 15) is 9.59 Å². The van der Waals surface area contributed by atoms with Gasteiger partial charge in [-0.25, -0.2) is 0 Å². The van der Waals surface area contributed by atoms with Gasteiger partial charge in [-0.15, -0.1) is 0 Å². The maximum atomic E-state index is 14.1. The molecule has 0 spiro atoms. The van der Waals surface area contributed by atoms with Gasteiger partial charge in [-0.3, -0.25) is 9.59 Å². The van der Waals surface area contributed by atoms with Crippen molar-refractivity contribution in [1.29, 1.82) is 0 Å². The van der Waals surface area contributed by atoms with Crippen LogP contribution in [0.1, 0.15) is 114 Å². The second-order valence-corrected chi connectivity index (χ2v) is 15.2. The molecule has 3 heteroatoms. The minimum absolute atomic E-state index is 0.0530. The monoisotopic (exact) mass is 482 g/mol. The van der Waals surface area contributed by atoms with Crippen LogP contribution in [0, 0.1) is 56.7 Å². The van der Waals surface area contributed by atoms with Gasteiger partial charge >= 0.3 is 5.97 Å². The summed E-state index contributed by atoms with van der Waals surface area (Å²) in [6, 6.07) is 0. The van der Waals surface area contributed by atoms with E-state index in [0.717, 1.165) is 30.6 Å². The van der Waals surface area contributed by atoms with Crippen LogP contribution in [0.25, 0.3) is 0 Å². The molecule has 0 aromatic heterocycles. The van der Waals surface area contributed by atoms with Gasteiger partial charge in [0.25, 0.3) is 0 Å². The summed E-state index contributed by atoms with van der Waals surface area (Å²) >= 11 is 0. The van der Waals surface area contributed by atoms with Crippen molar-refractivity contribution in [3.05, 3.63) is 11.6 Å². The highest BCUT2D eigenvalue weighted by Crippen LogP contribution is 2.76. The minimum atomic E-state index is -0.347. The lowest BCUT2D eigenvalue weighted by molar-refractivity contribution is -0.184. The van der Waals surface area contributed by atoms with Crippen molar-refractivity contribution in [2.45, 2.75) is 120 Å². The van der Waals surface area contributed by atoms with E-state index >= 15 is 0 Å². The maximum absolute atomic E-state index is 14.1. The second-order valence-electron chi connectivity index (χ2n) is 15.2. The number of ketones is 1.